The zero-order chi connectivity index (χ0) is 12.9. The molecule has 0 aliphatic rings. The van der Waals surface area contributed by atoms with Crippen LogP contribution in [0.1, 0.15) is 25.3 Å². The van der Waals surface area contributed by atoms with Crippen LogP contribution in [0, 0.1) is 6.92 Å². The van der Waals surface area contributed by atoms with E-state index < -0.39 is 10.1 Å². The fourth-order valence-electron chi connectivity index (χ4n) is 1.33. The highest BCUT2D eigenvalue weighted by Crippen LogP contribution is 2.14. The van der Waals surface area contributed by atoms with Crippen molar-refractivity contribution in [3.63, 3.8) is 0 Å². The fourth-order valence-corrected chi connectivity index (χ4v) is 2.30. The smallest absolute Gasteiger partial charge is 0.192 e. The molecule has 0 fully saturated rings. The van der Waals surface area contributed by atoms with Gasteiger partial charge in [0.05, 0.1) is 4.90 Å². The lowest BCUT2D eigenvalue weighted by Gasteiger charge is -2.15. The number of aryl methyl sites for hydroxylation is 1. The summed E-state index contributed by atoms with van der Waals surface area (Å²) < 4.78 is 28.7. The highest BCUT2D eigenvalue weighted by molar-refractivity contribution is 7.86. The Morgan fingerprint density at radius 3 is 2.35 bits per heavy atom. The first-order chi connectivity index (χ1) is 7.95. The lowest BCUT2D eigenvalue weighted by Crippen LogP contribution is -2.24. The summed E-state index contributed by atoms with van der Waals surface area (Å²) in [6.07, 6.45) is 1.90. The van der Waals surface area contributed by atoms with Crippen molar-refractivity contribution >= 4 is 10.1 Å². The molecule has 1 aromatic carbocycles. The van der Waals surface area contributed by atoms with Gasteiger partial charge in [-0.15, -0.1) is 0 Å². The molecule has 5 heteroatoms. The van der Waals surface area contributed by atoms with Crippen molar-refractivity contribution in [2.75, 3.05) is 13.6 Å². The molecule has 0 amide bonds. The average molecular weight is 257 g/mol. The van der Waals surface area contributed by atoms with Crippen molar-refractivity contribution < 1.29 is 12.7 Å². The monoisotopic (exact) mass is 257 g/mol. The zero-order valence-electron chi connectivity index (χ0n) is 10.5. The maximum atomic E-state index is 11.9. The lowest BCUT2D eigenvalue weighted by molar-refractivity contribution is -0.0248. The van der Waals surface area contributed by atoms with Gasteiger partial charge >= 0.3 is 10.1 Å². The Labute approximate surface area is 103 Å². The van der Waals surface area contributed by atoms with Crippen molar-refractivity contribution in [1.29, 1.82) is 0 Å². The predicted octanol–water partition coefficient (Wildman–Crippen LogP) is 2.35. The van der Waals surface area contributed by atoms with Crippen molar-refractivity contribution in [2.24, 2.45) is 0 Å². The van der Waals surface area contributed by atoms with E-state index in [1.54, 1.807) is 31.3 Å². The lowest BCUT2D eigenvalue weighted by atomic mass is 10.2. The SMILES string of the molecule is CCCCN(C)OS(=O)(=O)c1ccc(C)cc1. The minimum Gasteiger partial charge on any atom is -0.192 e. The maximum Gasteiger partial charge on any atom is 0.313 e. The van der Waals surface area contributed by atoms with Gasteiger partial charge in [-0.25, -0.2) is 0 Å². The minimum atomic E-state index is -3.68. The molecule has 0 bridgehead atoms. The highest BCUT2D eigenvalue weighted by Gasteiger charge is 2.17. The molecule has 0 spiro atoms. The predicted molar refractivity (Wildman–Crippen MR) is 67.0 cm³/mol. The molecule has 0 saturated carbocycles. The van der Waals surface area contributed by atoms with Crippen LogP contribution in [0.15, 0.2) is 29.2 Å². The summed E-state index contributed by atoms with van der Waals surface area (Å²) in [6, 6.07) is 6.61. The molecule has 0 aromatic heterocycles. The van der Waals surface area contributed by atoms with E-state index in [-0.39, 0.29) is 4.90 Å². The van der Waals surface area contributed by atoms with E-state index in [0.717, 1.165) is 18.4 Å². The molecule has 0 heterocycles. The van der Waals surface area contributed by atoms with Gasteiger partial charge in [0.1, 0.15) is 0 Å². The Kier molecular flexibility index (Phi) is 5.11. The molecule has 0 aliphatic carbocycles. The van der Waals surface area contributed by atoms with Gasteiger partial charge in [-0.1, -0.05) is 31.0 Å². The fraction of sp³-hybridized carbons (Fsp3) is 0.500. The minimum absolute atomic E-state index is 0.187. The third kappa shape index (κ3) is 4.46. The Balaban J connectivity index is 2.71. The van der Waals surface area contributed by atoms with Crippen LogP contribution in [0.4, 0.5) is 0 Å². The molecule has 1 rings (SSSR count). The number of hydrogen-bond donors (Lipinski definition) is 0. The van der Waals surface area contributed by atoms with Crippen LogP contribution in [0.3, 0.4) is 0 Å². The summed E-state index contributed by atoms with van der Waals surface area (Å²) in [7, 11) is -2.05. The summed E-state index contributed by atoms with van der Waals surface area (Å²) in [5.74, 6) is 0. The number of benzene rings is 1. The summed E-state index contributed by atoms with van der Waals surface area (Å²) in [5, 5.41) is 1.36. The topological polar surface area (TPSA) is 46.6 Å². The van der Waals surface area contributed by atoms with E-state index in [0.29, 0.717) is 6.54 Å². The molecule has 0 aliphatic heterocycles. The van der Waals surface area contributed by atoms with Gasteiger partial charge in [0, 0.05) is 13.6 Å². The van der Waals surface area contributed by atoms with Gasteiger partial charge in [-0.3, -0.25) is 0 Å². The number of hydrogen-bond acceptors (Lipinski definition) is 4. The van der Waals surface area contributed by atoms with Crippen molar-refractivity contribution in [3.8, 4) is 0 Å². The van der Waals surface area contributed by atoms with Crippen LogP contribution in [0.2, 0.25) is 0 Å². The van der Waals surface area contributed by atoms with Crippen LogP contribution in [-0.4, -0.2) is 27.1 Å². The number of rotatable bonds is 6. The van der Waals surface area contributed by atoms with Crippen LogP contribution in [0.25, 0.3) is 0 Å². The summed E-state index contributed by atoms with van der Waals surface area (Å²) in [4.78, 5) is 0.187. The van der Waals surface area contributed by atoms with E-state index >= 15 is 0 Å². The molecule has 0 atom stereocenters. The molecule has 0 unspecified atom stereocenters. The second-order valence-electron chi connectivity index (χ2n) is 4.05. The first-order valence-corrected chi connectivity index (χ1v) is 7.09. The molecular formula is C12H19NO3S. The normalized spacial score (nSPS) is 12.0. The van der Waals surface area contributed by atoms with Crippen LogP contribution in [0.5, 0.6) is 0 Å². The molecule has 4 nitrogen and oxygen atoms in total. The molecular weight excluding hydrogens is 238 g/mol. The average Bonchev–Trinajstić information content (AvgIpc) is 2.26. The van der Waals surface area contributed by atoms with Crippen LogP contribution < -0.4 is 0 Å². The van der Waals surface area contributed by atoms with Gasteiger partial charge in [-0.2, -0.15) is 17.8 Å². The second-order valence-corrected chi connectivity index (χ2v) is 5.58. The van der Waals surface area contributed by atoms with E-state index in [4.69, 9.17) is 4.28 Å². The van der Waals surface area contributed by atoms with Crippen LogP contribution in [-0.2, 0) is 14.4 Å². The van der Waals surface area contributed by atoms with Crippen molar-refractivity contribution in [1.82, 2.24) is 5.06 Å². The molecule has 17 heavy (non-hydrogen) atoms. The largest absolute Gasteiger partial charge is 0.313 e. The molecule has 96 valence electrons. The van der Waals surface area contributed by atoms with Crippen molar-refractivity contribution in [2.45, 2.75) is 31.6 Å². The third-order valence-electron chi connectivity index (χ3n) is 2.36. The van der Waals surface area contributed by atoms with Gasteiger partial charge < -0.3 is 0 Å². The zero-order valence-corrected chi connectivity index (χ0v) is 11.3. The van der Waals surface area contributed by atoms with Crippen molar-refractivity contribution in [3.05, 3.63) is 29.8 Å². The van der Waals surface area contributed by atoms with Gasteiger partial charge in [0.2, 0.25) is 0 Å². The van der Waals surface area contributed by atoms with E-state index in [1.165, 1.54) is 5.06 Å². The standard InChI is InChI=1S/C12H19NO3S/c1-4-5-10-13(3)16-17(14,15)12-8-6-11(2)7-9-12/h6-9H,4-5,10H2,1-3H3. The Morgan fingerprint density at radius 2 is 1.82 bits per heavy atom. The molecule has 1 aromatic rings. The Morgan fingerprint density at radius 1 is 1.24 bits per heavy atom. The van der Waals surface area contributed by atoms with E-state index in [2.05, 4.69) is 0 Å². The molecule has 0 N–H and O–H groups in total. The third-order valence-corrected chi connectivity index (χ3v) is 3.66. The van der Waals surface area contributed by atoms with Gasteiger partial charge in [0.25, 0.3) is 0 Å². The van der Waals surface area contributed by atoms with E-state index in [1.807, 2.05) is 13.8 Å². The number of nitrogens with zero attached hydrogens (tertiary/aromatic N) is 1. The first kappa shape index (κ1) is 14.2. The quantitative estimate of drug-likeness (QED) is 0.734. The van der Waals surface area contributed by atoms with Gasteiger partial charge in [0.15, 0.2) is 0 Å². The molecule has 0 saturated heterocycles. The Bertz CT molecular complexity index is 439. The van der Waals surface area contributed by atoms with Crippen LogP contribution >= 0.6 is 0 Å². The van der Waals surface area contributed by atoms with E-state index in [9.17, 15) is 8.42 Å². The number of hydroxylamine groups is 2. The number of unbranched alkanes of at least 4 members (excludes halogenated alkanes) is 1. The summed E-state index contributed by atoms with van der Waals surface area (Å²) in [5.41, 5.74) is 1.02. The second kappa shape index (κ2) is 6.14. The van der Waals surface area contributed by atoms with Gasteiger partial charge in [-0.05, 0) is 25.5 Å². The highest BCUT2D eigenvalue weighted by atomic mass is 32.2. The first-order valence-electron chi connectivity index (χ1n) is 5.68. The maximum absolute atomic E-state index is 11.9. The molecule has 0 radical (unpaired) electrons. The summed E-state index contributed by atoms with van der Waals surface area (Å²) >= 11 is 0. The summed E-state index contributed by atoms with van der Waals surface area (Å²) in [6.45, 7) is 4.55. The Hall–Kier alpha value is -0.910.